The van der Waals surface area contributed by atoms with Crippen LogP contribution < -0.4 is 0 Å². The Hall–Kier alpha value is 0.270. The average Bonchev–Trinajstić information content (AvgIpc) is 2.00. The lowest BCUT2D eigenvalue weighted by Gasteiger charge is -2.21. The van der Waals surface area contributed by atoms with E-state index < -0.39 is 0 Å². The van der Waals surface area contributed by atoms with Gasteiger partial charge in [0, 0.05) is 14.2 Å². The molecule has 0 aromatic rings. The summed E-state index contributed by atoms with van der Waals surface area (Å²) in [6.45, 7) is 2.13. The zero-order chi connectivity index (χ0) is 7.98. The van der Waals surface area contributed by atoms with Crippen molar-refractivity contribution in [3.63, 3.8) is 0 Å². The molecule has 2 nitrogen and oxygen atoms in total. The minimum absolute atomic E-state index is 0.0556. The molecule has 0 amide bonds. The number of thioether (sulfide) groups is 1. The fraction of sp³-hybridized carbons (Fsp3) is 1.00. The zero-order valence-electron chi connectivity index (χ0n) is 7.09. The second-order valence-electron chi connectivity index (χ2n) is 2.02. The van der Waals surface area contributed by atoms with E-state index in [1.165, 1.54) is 0 Å². The molecule has 0 spiro atoms. The van der Waals surface area contributed by atoms with E-state index in [0.29, 0.717) is 5.25 Å². The van der Waals surface area contributed by atoms with Crippen LogP contribution in [-0.4, -0.2) is 32.0 Å². The SMILES string of the molecule is CCC(SC)C(OC)OC. The highest BCUT2D eigenvalue weighted by Gasteiger charge is 2.16. The summed E-state index contributed by atoms with van der Waals surface area (Å²) in [5.41, 5.74) is 0. The van der Waals surface area contributed by atoms with Crippen LogP contribution in [-0.2, 0) is 9.47 Å². The Kier molecular flexibility index (Phi) is 6.17. The second kappa shape index (κ2) is 6.01. The van der Waals surface area contributed by atoms with Crippen molar-refractivity contribution in [1.82, 2.24) is 0 Å². The van der Waals surface area contributed by atoms with Gasteiger partial charge in [0.15, 0.2) is 6.29 Å². The highest BCUT2D eigenvalue weighted by molar-refractivity contribution is 7.99. The van der Waals surface area contributed by atoms with Crippen molar-refractivity contribution in [3.05, 3.63) is 0 Å². The van der Waals surface area contributed by atoms with Gasteiger partial charge in [0.25, 0.3) is 0 Å². The van der Waals surface area contributed by atoms with Crippen molar-refractivity contribution in [2.24, 2.45) is 0 Å². The van der Waals surface area contributed by atoms with Crippen LogP contribution in [0.25, 0.3) is 0 Å². The molecule has 0 bridgehead atoms. The van der Waals surface area contributed by atoms with Crippen molar-refractivity contribution in [2.45, 2.75) is 24.9 Å². The molecule has 0 N–H and O–H groups in total. The van der Waals surface area contributed by atoms with Crippen molar-refractivity contribution in [1.29, 1.82) is 0 Å². The maximum absolute atomic E-state index is 5.10. The number of rotatable bonds is 5. The number of ether oxygens (including phenoxy) is 2. The van der Waals surface area contributed by atoms with Gasteiger partial charge in [-0.2, -0.15) is 11.8 Å². The molecule has 62 valence electrons. The third kappa shape index (κ3) is 2.90. The molecule has 0 radical (unpaired) electrons. The summed E-state index contributed by atoms with van der Waals surface area (Å²) in [6.07, 6.45) is 3.09. The summed E-state index contributed by atoms with van der Waals surface area (Å²) in [6, 6.07) is 0. The van der Waals surface area contributed by atoms with Gasteiger partial charge in [0.1, 0.15) is 0 Å². The minimum Gasteiger partial charge on any atom is -0.355 e. The molecule has 0 aromatic heterocycles. The first-order valence-electron chi connectivity index (χ1n) is 3.38. The lowest BCUT2D eigenvalue weighted by atomic mass is 10.3. The van der Waals surface area contributed by atoms with Gasteiger partial charge >= 0.3 is 0 Å². The van der Waals surface area contributed by atoms with Gasteiger partial charge in [0.2, 0.25) is 0 Å². The van der Waals surface area contributed by atoms with Crippen LogP contribution in [0.2, 0.25) is 0 Å². The Morgan fingerprint density at radius 2 is 1.80 bits per heavy atom. The summed E-state index contributed by atoms with van der Waals surface area (Å²) in [7, 11) is 3.35. The van der Waals surface area contributed by atoms with Gasteiger partial charge in [-0.05, 0) is 12.7 Å². The van der Waals surface area contributed by atoms with Crippen molar-refractivity contribution < 1.29 is 9.47 Å². The Morgan fingerprint density at radius 1 is 1.30 bits per heavy atom. The average molecular weight is 164 g/mol. The molecule has 0 saturated carbocycles. The molecule has 0 saturated heterocycles. The van der Waals surface area contributed by atoms with E-state index in [0.717, 1.165) is 6.42 Å². The van der Waals surface area contributed by atoms with Crippen LogP contribution in [0.4, 0.5) is 0 Å². The van der Waals surface area contributed by atoms with E-state index in [-0.39, 0.29) is 6.29 Å². The Bertz CT molecular complexity index is 60.0. The fourth-order valence-electron chi connectivity index (χ4n) is 0.870. The lowest BCUT2D eigenvalue weighted by molar-refractivity contribution is -0.102. The van der Waals surface area contributed by atoms with Crippen LogP contribution in [0.3, 0.4) is 0 Å². The molecule has 0 aromatic carbocycles. The minimum atomic E-state index is -0.0556. The lowest BCUT2D eigenvalue weighted by Crippen LogP contribution is -2.26. The van der Waals surface area contributed by atoms with Gasteiger partial charge in [0.05, 0.1) is 5.25 Å². The maximum atomic E-state index is 5.10. The Labute approximate surface area is 67.3 Å². The van der Waals surface area contributed by atoms with E-state index in [2.05, 4.69) is 13.2 Å². The van der Waals surface area contributed by atoms with Gasteiger partial charge in [-0.25, -0.2) is 0 Å². The summed E-state index contributed by atoms with van der Waals surface area (Å²) in [5, 5.41) is 0.454. The van der Waals surface area contributed by atoms with Crippen LogP contribution in [0.5, 0.6) is 0 Å². The van der Waals surface area contributed by atoms with Gasteiger partial charge in [-0.1, -0.05) is 6.92 Å². The van der Waals surface area contributed by atoms with Crippen molar-refractivity contribution in [2.75, 3.05) is 20.5 Å². The van der Waals surface area contributed by atoms with Gasteiger partial charge in [-0.15, -0.1) is 0 Å². The summed E-state index contributed by atoms with van der Waals surface area (Å²) in [4.78, 5) is 0. The van der Waals surface area contributed by atoms with Gasteiger partial charge < -0.3 is 9.47 Å². The van der Waals surface area contributed by atoms with E-state index in [9.17, 15) is 0 Å². The predicted molar refractivity (Wildman–Crippen MR) is 45.4 cm³/mol. The first-order valence-corrected chi connectivity index (χ1v) is 4.67. The molecule has 0 heterocycles. The Morgan fingerprint density at radius 3 is 1.90 bits per heavy atom. The molecule has 0 aliphatic rings. The maximum Gasteiger partial charge on any atom is 0.168 e. The quantitative estimate of drug-likeness (QED) is 0.577. The highest BCUT2D eigenvalue weighted by Crippen LogP contribution is 2.17. The molecule has 0 rings (SSSR count). The zero-order valence-corrected chi connectivity index (χ0v) is 7.90. The molecule has 0 fully saturated rings. The van der Waals surface area contributed by atoms with Crippen LogP contribution in [0.15, 0.2) is 0 Å². The first-order chi connectivity index (χ1) is 4.79. The largest absolute Gasteiger partial charge is 0.355 e. The fourth-order valence-corrected chi connectivity index (χ4v) is 1.65. The molecule has 1 unspecified atom stereocenters. The number of hydrogen-bond acceptors (Lipinski definition) is 3. The number of methoxy groups -OCH3 is 2. The standard InChI is InChI=1S/C7H16O2S/c1-5-6(10-4)7(8-2)9-3/h6-7H,5H2,1-4H3. The monoisotopic (exact) mass is 164 g/mol. The van der Waals surface area contributed by atoms with Crippen molar-refractivity contribution >= 4 is 11.8 Å². The molecule has 1 atom stereocenters. The van der Waals surface area contributed by atoms with E-state index in [4.69, 9.17) is 9.47 Å². The smallest absolute Gasteiger partial charge is 0.168 e. The summed E-state index contributed by atoms with van der Waals surface area (Å²) < 4.78 is 10.2. The van der Waals surface area contributed by atoms with Crippen LogP contribution in [0.1, 0.15) is 13.3 Å². The normalized spacial score (nSPS) is 14.1. The third-order valence-electron chi connectivity index (χ3n) is 1.47. The summed E-state index contributed by atoms with van der Waals surface area (Å²) >= 11 is 1.78. The topological polar surface area (TPSA) is 18.5 Å². The predicted octanol–water partition coefficient (Wildman–Crippen LogP) is 1.75. The van der Waals surface area contributed by atoms with E-state index >= 15 is 0 Å². The van der Waals surface area contributed by atoms with Crippen molar-refractivity contribution in [3.8, 4) is 0 Å². The van der Waals surface area contributed by atoms with E-state index in [1.54, 1.807) is 26.0 Å². The third-order valence-corrected chi connectivity index (χ3v) is 2.63. The second-order valence-corrected chi connectivity index (χ2v) is 3.10. The first kappa shape index (κ1) is 10.3. The Balaban J connectivity index is 3.70. The highest BCUT2D eigenvalue weighted by atomic mass is 32.2. The van der Waals surface area contributed by atoms with Crippen LogP contribution >= 0.6 is 11.8 Å². The molecule has 0 aliphatic carbocycles. The van der Waals surface area contributed by atoms with Crippen LogP contribution in [0, 0.1) is 0 Å². The molecule has 3 heteroatoms. The number of hydrogen-bond donors (Lipinski definition) is 0. The molecule has 10 heavy (non-hydrogen) atoms. The molecular formula is C7H16O2S. The van der Waals surface area contributed by atoms with E-state index in [1.807, 2.05) is 0 Å². The van der Waals surface area contributed by atoms with Gasteiger partial charge in [-0.3, -0.25) is 0 Å². The summed E-state index contributed by atoms with van der Waals surface area (Å²) in [5.74, 6) is 0. The molecule has 0 aliphatic heterocycles. The molecular weight excluding hydrogens is 148 g/mol.